The minimum atomic E-state index is -0.541. The predicted octanol–water partition coefficient (Wildman–Crippen LogP) is 2.08. The molecule has 0 aliphatic carbocycles. The second kappa shape index (κ2) is 6.43. The van der Waals surface area contributed by atoms with Gasteiger partial charge in [-0.15, -0.1) is 0 Å². The summed E-state index contributed by atoms with van der Waals surface area (Å²) >= 11 is 0. The van der Waals surface area contributed by atoms with E-state index >= 15 is 0 Å². The third-order valence-corrected chi connectivity index (χ3v) is 4.10. The average Bonchev–Trinajstić information content (AvgIpc) is 2.96. The van der Waals surface area contributed by atoms with E-state index in [4.69, 9.17) is 4.74 Å². The summed E-state index contributed by atoms with van der Waals surface area (Å²) in [4.78, 5) is 30.5. The van der Waals surface area contributed by atoms with Gasteiger partial charge < -0.3 is 24.7 Å². The van der Waals surface area contributed by atoms with Gasteiger partial charge in [0.15, 0.2) is 5.82 Å². The molecule has 0 aromatic carbocycles. The molecule has 26 heavy (non-hydrogen) atoms. The van der Waals surface area contributed by atoms with E-state index in [0.29, 0.717) is 31.1 Å². The second-order valence-electron chi connectivity index (χ2n) is 7.30. The van der Waals surface area contributed by atoms with Crippen molar-refractivity contribution in [2.24, 2.45) is 0 Å². The predicted molar refractivity (Wildman–Crippen MR) is 94.3 cm³/mol. The molecule has 1 fully saturated rings. The Labute approximate surface area is 150 Å². The van der Waals surface area contributed by atoms with Gasteiger partial charge in [-0.2, -0.15) is 0 Å². The van der Waals surface area contributed by atoms with Crippen molar-refractivity contribution < 1.29 is 14.5 Å². The van der Waals surface area contributed by atoms with Gasteiger partial charge in [-0.1, -0.05) is 9.61 Å². The maximum Gasteiger partial charge on any atom is 0.410 e. The number of carbonyl (C=O) groups is 1. The van der Waals surface area contributed by atoms with Gasteiger partial charge in [-0.25, -0.2) is 9.78 Å². The highest BCUT2D eigenvalue weighted by Gasteiger charge is 2.32. The van der Waals surface area contributed by atoms with Crippen molar-refractivity contribution in [2.75, 3.05) is 24.5 Å². The lowest BCUT2D eigenvalue weighted by Gasteiger charge is -2.40. The first-order chi connectivity index (χ1) is 12.2. The minimum Gasteiger partial charge on any atom is -0.444 e. The Bertz CT molecular complexity index is 843. The summed E-state index contributed by atoms with van der Waals surface area (Å²) < 4.78 is 6.67. The molecule has 0 unspecified atom stereocenters. The van der Waals surface area contributed by atoms with Gasteiger partial charge in [0, 0.05) is 31.7 Å². The van der Waals surface area contributed by atoms with E-state index in [1.54, 1.807) is 17.0 Å². The first-order valence-electron chi connectivity index (χ1n) is 8.39. The SMILES string of the molecule is C[C@@H]1CN(c2ccc3ncc([N+](=O)[O-])n3n2)CCN1C(=O)OC(C)(C)C. The third-order valence-electron chi connectivity index (χ3n) is 4.10. The zero-order valence-corrected chi connectivity index (χ0v) is 15.2. The number of nitrogens with zero attached hydrogens (tertiary/aromatic N) is 6. The molecule has 0 bridgehead atoms. The lowest BCUT2D eigenvalue weighted by molar-refractivity contribution is -0.391. The normalized spacial score (nSPS) is 18.2. The van der Waals surface area contributed by atoms with Gasteiger partial charge in [0.25, 0.3) is 0 Å². The molecule has 3 rings (SSSR count). The Morgan fingerprint density at radius 3 is 2.69 bits per heavy atom. The van der Waals surface area contributed by atoms with E-state index in [9.17, 15) is 14.9 Å². The molecule has 3 heterocycles. The van der Waals surface area contributed by atoms with Gasteiger partial charge >= 0.3 is 11.9 Å². The fourth-order valence-electron chi connectivity index (χ4n) is 2.90. The molecule has 0 saturated carbocycles. The first kappa shape index (κ1) is 17.9. The Kier molecular flexibility index (Phi) is 4.43. The number of imidazole rings is 1. The van der Waals surface area contributed by atoms with Crippen LogP contribution in [-0.4, -0.2) is 61.8 Å². The number of rotatable bonds is 2. The van der Waals surface area contributed by atoms with Crippen LogP contribution in [0, 0.1) is 10.1 Å². The van der Waals surface area contributed by atoms with Crippen LogP contribution in [0.1, 0.15) is 27.7 Å². The number of piperazine rings is 1. The summed E-state index contributed by atoms with van der Waals surface area (Å²) in [5.41, 5.74) is -0.123. The maximum atomic E-state index is 12.3. The molecule has 1 amide bonds. The largest absolute Gasteiger partial charge is 0.444 e. The number of fused-ring (bicyclic) bond motifs is 1. The van der Waals surface area contributed by atoms with Crippen molar-refractivity contribution in [1.29, 1.82) is 0 Å². The van der Waals surface area contributed by atoms with Crippen LogP contribution in [0.4, 0.5) is 16.4 Å². The lowest BCUT2D eigenvalue weighted by Crippen LogP contribution is -2.55. The summed E-state index contributed by atoms with van der Waals surface area (Å²) in [5, 5.41) is 15.4. The standard InChI is InChI=1S/C16H22N6O4/c1-11-10-19(7-8-20(11)15(23)26-16(2,3)4)13-6-5-12-17-9-14(22(24)25)21(12)18-13/h5-6,9,11H,7-8,10H2,1-4H3/t11-/m1/s1. The van der Waals surface area contributed by atoms with Crippen molar-refractivity contribution >= 4 is 23.4 Å². The number of anilines is 1. The van der Waals surface area contributed by atoms with Crippen LogP contribution in [0.3, 0.4) is 0 Å². The number of carbonyl (C=O) groups excluding carboxylic acids is 1. The summed E-state index contributed by atoms with van der Waals surface area (Å²) in [7, 11) is 0. The maximum absolute atomic E-state index is 12.3. The van der Waals surface area contributed by atoms with Crippen molar-refractivity contribution in [2.45, 2.75) is 39.3 Å². The number of amides is 1. The van der Waals surface area contributed by atoms with Gasteiger partial charge in [0.1, 0.15) is 11.8 Å². The van der Waals surface area contributed by atoms with Gasteiger partial charge in [-0.3, -0.25) is 0 Å². The summed E-state index contributed by atoms with van der Waals surface area (Å²) in [5.74, 6) is 0.427. The molecule has 1 aliphatic heterocycles. The number of hydrogen-bond donors (Lipinski definition) is 0. The second-order valence-corrected chi connectivity index (χ2v) is 7.30. The Balaban J connectivity index is 1.76. The molecular formula is C16H22N6O4. The van der Waals surface area contributed by atoms with Crippen LogP contribution in [0.5, 0.6) is 0 Å². The summed E-state index contributed by atoms with van der Waals surface area (Å²) in [6, 6.07) is 3.40. The Morgan fingerprint density at radius 2 is 2.08 bits per heavy atom. The molecule has 10 heteroatoms. The third kappa shape index (κ3) is 3.53. The molecule has 2 aromatic rings. The number of aromatic nitrogens is 3. The van der Waals surface area contributed by atoms with Gasteiger partial charge in [0.2, 0.25) is 5.65 Å². The molecule has 1 aliphatic rings. The minimum absolute atomic E-state index is 0.0751. The zero-order chi connectivity index (χ0) is 19.1. The highest BCUT2D eigenvalue weighted by molar-refractivity contribution is 5.69. The highest BCUT2D eigenvalue weighted by Crippen LogP contribution is 2.21. The fraction of sp³-hybridized carbons (Fsp3) is 0.562. The van der Waals surface area contributed by atoms with Gasteiger partial charge in [0.05, 0.1) is 0 Å². The van der Waals surface area contributed by atoms with Crippen LogP contribution in [0.25, 0.3) is 5.65 Å². The fourth-order valence-corrected chi connectivity index (χ4v) is 2.90. The molecule has 2 aromatic heterocycles. The first-order valence-corrected chi connectivity index (χ1v) is 8.39. The van der Waals surface area contributed by atoms with Crippen LogP contribution >= 0.6 is 0 Å². The lowest BCUT2D eigenvalue weighted by atomic mass is 10.2. The summed E-state index contributed by atoms with van der Waals surface area (Å²) in [6.07, 6.45) is 0.855. The highest BCUT2D eigenvalue weighted by atomic mass is 16.6. The van der Waals surface area contributed by atoms with Crippen LogP contribution in [0.2, 0.25) is 0 Å². The quantitative estimate of drug-likeness (QED) is 0.595. The number of hydrogen-bond acceptors (Lipinski definition) is 7. The Hall–Kier alpha value is -2.91. The van der Waals surface area contributed by atoms with E-state index < -0.39 is 10.5 Å². The molecule has 0 radical (unpaired) electrons. The van der Waals surface area contributed by atoms with E-state index in [0.717, 1.165) is 0 Å². The van der Waals surface area contributed by atoms with Crippen molar-refractivity contribution in [1.82, 2.24) is 19.5 Å². The molecule has 0 spiro atoms. The Morgan fingerprint density at radius 1 is 1.35 bits per heavy atom. The zero-order valence-electron chi connectivity index (χ0n) is 15.2. The van der Waals surface area contributed by atoms with Crippen LogP contribution < -0.4 is 4.90 Å². The summed E-state index contributed by atoms with van der Waals surface area (Å²) in [6.45, 7) is 9.05. The smallest absolute Gasteiger partial charge is 0.410 e. The molecular weight excluding hydrogens is 340 g/mol. The van der Waals surface area contributed by atoms with Crippen molar-refractivity contribution in [3.63, 3.8) is 0 Å². The van der Waals surface area contributed by atoms with Crippen LogP contribution in [0.15, 0.2) is 18.3 Å². The van der Waals surface area contributed by atoms with Crippen LogP contribution in [-0.2, 0) is 4.74 Å². The van der Waals surface area contributed by atoms with Crippen molar-refractivity contribution in [3.8, 4) is 0 Å². The van der Waals surface area contributed by atoms with E-state index in [-0.39, 0.29) is 18.0 Å². The molecule has 1 atom stereocenters. The van der Waals surface area contributed by atoms with E-state index in [1.165, 1.54) is 10.7 Å². The molecule has 1 saturated heterocycles. The van der Waals surface area contributed by atoms with Gasteiger partial charge in [-0.05, 0) is 38.7 Å². The number of ether oxygens (including phenoxy) is 1. The molecule has 0 N–H and O–H groups in total. The van der Waals surface area contributed by atoms with E-state index in [2.05, 4.69) is 10.1 Å². The van der Waals surface area contributed by atoms with Crippen molar-refractivity contribution in [3.05, 3.63) is 28.4 Å². The molecule has 140 valence electrons. The van der Waals surface area contributed by atoms with E-state index in [1.807, 2.05) is 32.6 Å². The average molecular weight is 362 g/mol. The monoisotopic (exact) mass is 362 g/mol. The molecule has 10 nitrogen and oxygen atoms in total. The topological polar surface area (TPSA) is 106 Å². The number of nitro groups is 1.